The maximum absolute atomic E-state index is 12.0. The molecule has 0 radical (unpaired) electrons. The molecule has 1 N–H and O–H groups in total. The molecule has 0 aliphatic heterocycles. The molecule has 6 heteroatoms. The van der Waals surface area contributed by atoms with Crippen molar-refractivity contribution in [3.05, 3.63) is 15.4 Å². The lowest BCUT2D eigenvalue weighted by Gasteiger charge is -2.10. The molecule has 1 fully saturated rings. The van der Waals surface area contributed by atoms with Crippen molar-refractivity contribution in [1.82, 2.24) is 4.72 Å². The smallest absolute Gasteiger partial charge is 0.207 e. The number of sulfonamides is 1. The summed E-state index contributed by atoms with van der Waals surface area (Å²) in [5.41, 5.74) is 0.969. The maximum Gasteiger partial charge on any atom is 0.250 e. The van der Waals surface area contributed by atoms with E-state index in [1.54, 1.807) is 6.07 Å². The average molecular weight is 324 g/mol. The van der Waals surface area contributed by atoms with Crippen molar-refractivity contribution in [2.75, 3.05) is 0 Å². The first-order valence-corrected chi connectivity index (χ1v) is 8.36. The Kier molecular flexibility index (Phi) is 3.73. The number of rotatable bonds is 3. The summed E-state index contributed by atoms with van der Waals surface area (Å²) in [6.07, 6.45) is 4.18. The molecule has 1 aromatic heterocycles. The van der Waals surface area contributed by atoms with E-state index in [1.165, 1.54) is 11.3 Å². The third kappa shape index (κ3) is 2.67. The fourth-order valence-corrected chi connectivity index (χ4v) is 5.43. The van der Waals surface area contributed by atoms with Crippen molar-refractivity contribution >= 4 is 37.3 Å². The lowest BCUT2D eigenvalue weighted by molar-refractivity contribution is 0.554. The summed E-state index contributed by atoms with van der Waals surface area (Å²) in [6.45, 7) is 1.90. The summed E-state index contributed by atoms with van der Waals surface area (Å²) in [5.74, 6) is 0. The van der Waals surface area contributed by atoms with Crippen molar-refractivity contribution in [1.29, 1.82) is 0 Å². The number of hydrogen-bond donors (Lipinski definition) is 1. The highest BCUT2D eigenvalue weighted by atomic mass is 79.9. The third-order valence-electron chi connectivity index (χ3n) is 2.78. The van der Waals surface area contributed by atoms with Crippen LogP contribution in [0.25, 0.3) is 0 Å². The third-order valence-corrected chi connectivity index (χ3v) is 6.91. The van der Waals surface area contributed by atoms with Crippen molar-refractivity contribution in [2.24, 2.45) is 0 Å². The molecule has 16 heavy (non-hydrogen) atoms. The van der Waals surface area contributed by atoms with Crippen LogP contribution in [0, 0.1) is 6.92 Å². The van der Waals surface area contributed by atoms with Crippen molar-refractivity contribution in [3.8, 4) is 0 Å². The van der Waals surface area contributed by atoms with Crippen molar-refractivity contribution in [2.45, 2.75) is 42.9 Å². The van der Waals surface area contributed by atoms with Gasteiger partial charge in [-0.3, -0.25) is 0 Å². The van der Waals surface area contributed by atoms with Gasteiger partial charge in [0, 0.05) is 6.04 Å². The summed E-state index contributed by atoms with van der Waals surface area (Å²) < 4.78 is 28.1. The highest BCUT2D eigenvalue weighted by Crippen LogP contribution is 2.31. The normalized spacial score (nSPS) is 18.1. The zero-order valence-electron chi connectivity index (χ0n) is 8.99. The molecule has 0 spiro atoms. The van der Waals surface area contributed by atoms with Gasteiger partial charge in [-0.05, 0) is 47.3 Å². The molecule has 1 aliphatic carbocycles. The molecular formula is C10H14BrNO2S2. The summed E-state index contributed by atoms with van der Waals surface area (Å²) in [4.78, 5) is 0. The van der Waals surface area contributed by atoms with Gasteiger partial charge in [-0.25, -0.2) is 13.1 Å². The summed E-state index contributed by atoms with van der Waals surface area (Å²) in [6, 6.07) is 1.85. The van der Waals surface area contributed by atoms with Gasteiger partial charge in [-0.2, -0.15) is 0 Å². The quantitative estimate of drug-likeness (QED) is 0.929. The first kappa shape index (κ1) is 12.5. The van der Waals surface area contributed by atoms with Crippen LogP contribution in [0.5, 0.6) is 0 Å². The van der Waals surface area contributed by atoms with Crippen LogP contribution in [0.3, 0.4) is 0 Å². The van der Waals surface area contributed by atoms with E-state index in [4.69, 9.17) is 0 Å². The van der Waals surface area contributed by atoms with Crippen LogP contribution in [0.1, 0.15) is 31.2 Å². The predicted octanol–water partition coefficient (Wildman–Crippen LogP) is 3.04. The molecule has 0 amide bonds. The summed E-state index contributed by atoms with van der Waals surface area (Å²) in [7, 11) is -3.31. The van der Waals surface area contributed by atoms with E-state index >= 15 is 0 Å². The Morgan fingerprint density at radius 2 is 2.06 bits per heavy atom. The summed E-state index contributed by atoms with van der Waals surface area (Å²) in [5, 5.41) is 0. The highest BCUT2D eigenvalue weighted by Gasteiger charge is 2.24. The van der Waals surface area contributed by atoms with Crippen LogP contribution in [-0.2, 0) is 10.0 Å². The largest absolute Gasteiger partial charge is 0.250 e. The van der Waals surface area contributed by atoms with Crippen LogP contribution >= 0.6 is 27.3 Å². The van der Waals surface area contributed by atoms with Gasteiger partial charge in [0.15, 0.2) is 0 Å². The van der Waals surface area contributed by atoms with E-state index in [2.05, 4.69) is 20.7 Å². The molecule has 0 aromatic carbocycles. The lowest BCUT2D eigenvalue weighted by Crippen LogP contribution is -2.32. The van der Waals surface area contributed by atoms with E-state index in [0.717, 1.165) is 35.0 Å². The predicted molar refractivity (Wildman–Crippen MR) is 69.3 cm³/mol. The number of hydrogen-bond acceptors (Lipinski definition) is 3. The second-order valence-electron chi connectivity index (χ2n) is 4.12. The lowest BCUT2D eigenvalue weighted by atomic mass is 10.3. The van der Waals surface area contributed by atoms with Crippen LogP contribution in [0.2, 0.25) is 0 Å². The Morgan fingerprint density at radius 3 is 2.56 bits per heavy atom. The molecule has 1 aromatic rings. The minimum atomic E-state index is -3.31. The Morgan fingerprint density at radius 1 is 1.44 bits per heavy atom. The van der Waals surface area contributed by atoms with Crippen molar-refractivity contribution in [3.63, 3.8) is 0 Å². The van der Waals surface area contributed by atoms with Gasteiger partial charge >= 0.3 is 0 Å². The van der Waals surface area contributed by atoms with Crippen LogP contribution in [0.4, 0.5) is 0 Å². The Labute approximate surface area is 108 Å². The second kappa shape index (κ2) is 4.76. The second-order valence-corrected chi connectivity index (χ2v) is 8.44. The molecule has 1 heterocycles. The number of thiophene rings is 1. The SMILES string of the molecule is Cc1cc(S(=O)(=O)NC2CCCC2)sc1Br. The minimum Gasteiger partial charge on any atom is -0.207 e. The molecule has 0 atom stereocenters. The Hall–Kier alpha value is 0.0900. The molecule has 0 bridgehead atoms. The van der Waals surface area contributed by atoms with Crippen LogP contribution in [-0.4, -0.2) is 14.5 Å². The Balaban J connectivity index is 2.18. The van der Waals surface area contributed by atoms with Gasteiger partial charge in [-0.1, -0.05) is 12.8 Å². The number of halogens is 1. The first-order chi connectivity index (χ1) is 7.49. The fourth-order valence-electron chi connectivity index (χ4n) is 1.89. The summed E-state index contributed by atoms with van der Waals surface area (Å²) >= 11 is 4.62. The fraction of sp³-hybridized carbons (Fsp3) is 0.600. The zero-order chi connectivity index (χ0) is 11.8. The monoisotopic (exact) mass is 323 g/mol. The zero-order valence-corrected chi connectivity index (χ0v) is 12.2. The van der Waals surface area contributed by atoms with Gasteiger partial charge in [0.2, 0.25) is 10.0 Å². The van der Waals surface area contributed by atoms with E-state index in [9.17, 15) is 8.42 Å². The molecule has 1 saturated carbocycles. The Bertz CT molecular complexity index is 456. The van der Waals surface area contributed by atoms with E-state index in [0.29, 0.717) is 4.21 Å². The van der Waals surface area contributed by atoms with Gasteiger partial charge in [0.25, 0.3) is 0 Å². The van der Waals surface area contributed by atoms with Crippen LogP contribution in [0.15, 0.2) is 14.1 Å². The van der Waals surface area contributed by atoms with E-state index < -0.39 is 10.0 Å². The van der Waals surface area contributed by atoms with Gasteiger partial charge < -0.3 is 0 Å². The van der Waals surface area contributed by atoms with Crippen molar-refractivity contribution < 1.29 is 8.42 Å². The molecule has 0 unspecified atom stereocenters. The molecule has 3 nitrogen and oxygen atoms in total. The maximum atomic E-state index is 12.0. The molecule has 2 rings (SSSR count). The standard InChI is InChI=1S/C10H14BrNO2S2/c1-7-6-9(15-10(7)11)16(13,14)12-8-4-2-3-5-8/h6,8,12H,2-5H2,1H3. The molecule has 1 aliphatic rings. The van der Waals surface area contributed by atoms with E-state index in [1.807, 2.05) is 6.92 Å². The van der Waals surface area contributed by atoms with Gasteiger partial charge in [0.1, 0.15) is 4.21 Å². The molecule has 90 valence electrons. The number of aryl methyl sites for hydroxylation is 1. The minimum absolute atomic E-state index is 0.131. The first-order valence-electron chi connectivity index (χ1n) is 5.27. The average Bonchev–Trinajstić information content (AvgIpc) is 2.78. The van der Waals surface area contributed by atoms with Gasteiger partial charge in [-0.15, -0.1) is 11.3 Å². The highest BCUT2D eigenvalue weighted by molar-refractivity contribution is 9.11. The number of nitrogens with one attached hydrogen (secondary N) is 1. The molecule has 0 saturated heterocycles. The topological polar surface area (TPSA) is 46.2 Å². The van der Waals surface area contributed by atoms with E-state index in [-0.39, 0.29) is 6.04 Å². The van der Waals surface area contributed by atoms with Crippen LogP contribution < -0.4 is 4.72 Å². The van der Waals surface area contributed by atoms with Gasteiger partial charge in [0.05, 0.1) is 3.79 Å². The molecular weight excluding hydrogens is 310 g/mol.